The van der Waals surface area contributed by atoms with Gasteiger partial charge in [0.25, 0.3) is 0 Å². The molecule has 0 aromatic heterocycles. The molecule has 0 atom stereocenters. The van der Waals surface area contributed by atoms with Crippen LogP contribution in [0.25, 0.3) is 0 Å². The Labute approximate surface area is 112 Å². The van der Waals surface area contributed by atoms with Crippen LogP contribution in [0.3, 0.4) is 0 Å². The third kappa shape index (κ3) is 3.27. The van der Waals surface area contributed by atoms with E-state index in [0.717, 1.165) is 19.3 Å². The molecule has 1 aliphatic rings. The topological polar surface area (TPSA) is 35.2 Å². The van der Waals surface area contributed by atoms with Gasteiger partial charge in [0.05, 0.1) is 16.7 Å². The van der Waals surface area contributed by atoms with E-state index in [2.05, 4.69) is 0 Å². The summed E-state index contributed by atoms with van der Waals surface area (Å²) in [6.07, 6.45) is 5.49. The lowest BCUT2D eigenvalue weighted by Gasteiger charge is -2.23. The molecule has 0 amide bonds. The van der Waals surface area contributed by atoms with Crippen LogP contribution in [0, 0.1) is 0 Å². The maximum Gasteiger partial charge on any atom is 0.156 e. The highest BCUT2D eigenvalue weighted by Crippen LogP contribution is 2.34. The molecule has 0 bridgehead atoms. The van der Waals surface area contributed by atoms with Gasteiger partial charge in [0.2, 0.25) is 0 Å². The summed E-state index contributed by atoms with van der Waals surface area (Å²) < 4.78 is 5.65. The number of hydrogen-bond acceptors (Lipinski definition) is 2. The first-order valence-electron chi connectivity index (χ1n) is 5.96. The average Bonchev–Trinajstić information content (AvgIpc) is 2.70. The Balaban J connectivity index is 1.90. The van der Waals surface area contributed by atoms with Gasteiger partial charge < -0.3 is 10.5 Å². The molecule has 2 rings (SSSR count). The van der Waals surface area contributed by atoms with Crippen LogP contribution < -0.4 is 10.5 Å². The van der Waals surface area contributed by atoms with Crippen molar-refractivity contribution in [3.8, 4) is 5.75 Å². The summed E-state index contributed by atoms with van der Waals surface area (Å²) in [7, 11) is 0. The number of ether oxygens (including phenoxy) is 1. The maximum absolute atomic E-state index is 6.25. The summed E-state index contributed by atoms with van der Waals surface area (Å²) in [6, 6.07) is 5.35. The van der Waals surface area contributed by atoms with E-state index in [9.17, 15) is 0 Å². The molecule has 0 saturated heterocycles. The quantitative estimate of drug-likeness (QED) is 0.899. The molecule has 0 unspecified atom stereocenters. The fourth-order valence-corrected chi connectivity index (χ4v) is 2.81. The molecule has 2 N–H and O–H groups in total. The first-order valence-corrected chi connectivity index (χ1v) is 6.72. The van der Waals surface area contributed by atoms with Gasteiger partial charge in [-0.1, -0.05) is 42.1 Å². The molecule has 0 spiro atoms. The molecule has 0 heterocycles. The van der Waals surface area contributed by atoms with Gasteiger partial charge in [-0.05, 0) is 31.4 Å². The van der Waals surface area contributed by atoms with Crippen LogP contribution in [-0.4, -0.2) is 12.1 Å². The predicted molar refractivity (Wildman–Crippen MR) is 72.0 cm³/mol. The van der Waals surface area contributed by atoms with Crippen LogP contribution in [0.2, 0.25) is 10.0 Å². The van der Waals surface area contributed by atoms with Gasteiger partial charge in [0, 0.05) is 5.54 Å². The minimum Gasteiger partial charge on any atom is -0.490 e. The molecule has 17 heavy (non-hydrogen) atoms. The number of benzene rings is 1. The predicted octanol–water partition coefficient (Wildman–Crippen LogP) is 4.03. The second-order valence-electron chi connectivity index (χ2n) is 4.72. The van der Waals surface area contributed by atoms with Crippen molar-refractivity contribution < 1.29 is 4.74 Å². The van der Waals surface area contributed by atoms with E-state index in [4.69, 9.17) is 33.7 Å². The smallest absolute Gasteiger partial charge is 0.156 e. The maximum atomic E-state index is 6.25. The van der Waals surface area contributed by atoms with Gasteiger partial charge >= 0.3 is 0 Å². The second-order valence-corrected chi connectivity index (χ2v) is 5.53. The first-order chi connectivity index (χ1) is 8.11. The summed E-state index contributed by atoms with van der Waals surface area (Å²) in [5, 5.41) is 1.10. The third-order valence-electron chi connectivity index (χ3n) is 3.36. The molecular weight excluding hydrogens is 257 g/mol. The van der Waals surface area contributed by atoms with Gasteiger partial charge in [-0.25, -0.2) is 0 Å². The molecule has 1 aliphatic carbocycles. The van der Waals surface area contributed by atoms with E-state index in [0.29, 0.717) is 22.4 Å². The van der Waals surface area contributed by atoms with E-state index >= 15 is 0 Å². The first kappa shape index (κ1) is 13.0. The van der Waals surface area contributed by atoms with Crippen molar-refractivity contribution in [1.29, 1.82) is 0 Å². The van der Waals surface area contributed by atoms with Gasteiger partial charge in [0.1, 0.15) is 0 Å². The highest BCUT2D eigenvalue weighted by Gasteiger charge is 2.29. The van der Waals surface area contributed by atoms with Crippen LogP contribution in [0.5, 0.6) is 5.75 Å². The van der Waals surface area contributed by atoms with Crippen LogP contribution >= 0.6 is 23.2 Å². The highest BCUT2D eigenvalue weighted by molar-refractivity contribution is 6.37. The number of para-hydroxylation sites is 1. The SMILES string of the molecule is NC1(CCOc2c(Cl)cccc2Cl)CCCC1. The van der Waals surface area contributed by atoms with E-state index in [1.807, 2.05) is 0 Å². The van der Waals surface area contributed by atoms with Crippen LogP contribution in [-0.2, 0) is 0 Å². The lowest BCUT2D eigenvalue weighted by atomic mass is 9.95. The van der Waals surface area contributed by atoms with E-state index in [-0.39, 0.29) is 5.54 Å². The van der Waals surface area contributed by atoms with Gasteiger partial charge in [-0.2, -0.15) is 0 Å². The number of halogens is 2. The Morgan fingerprint density at radius 1 is 1.18 bits per heavy atom. The Morgan fingerprint density at radius 3 is 2.35 bits per heavy atom. The summed E-state index contributed by atoms with van der Waals surface area (Å²) in [4.78, 5) is 0. The summed E-state index contributed by atoms with van der Waals surface area (Å²) in [5.41, 5.74) is 6.21. The van der Waals surface area contributed by atoms with Crippen LogP contribution in [0.15, 0.2) is 18.2 Å². The average molecular weight is 274 g/mol. The Hall–Kier alpha value is -0.440. The number of rotatable bonds is 4. The minimum atomic E-state index is -0.0479. The zero-order valence-electron chi connectivity index (χ0n) is 9.72. The standard InChI is InChI=1S/C13H17Cl2NO/c14-10-4-3-5-11(15)12(10)17-9-8-13(16)6-1-2-7-13/h3-5H,1-2,6-9,16H2. The zero-order valence-corrected chi connectivity index (χ0v) is 11.2. The van der Waals surface area contributed by atoms with Crippen molar-refractivity contribution in [2.24, 2.45) is 5.73 Å². The third-order valence-corrected chi connectivity index (χ3v) is 3.96. The number of nitrogens with two attached hydrogens (primary N) is 1. The van der Waals surface area contributed by atoms with Gasteiger partial charge in [0.15, 0.2) is 5.75 Å². The fraction of sp³-hybridized carbons (Fsp3) is 0.538. The Morgan fingerprint density at radius 2 is 1.76 bits per heavy atom. The van der Waals surface area contributed by atoms with Crippen molar-refractivity contribution in [2.45, 2.75) is 37.6 Å². The Bertz CT molecular complexity index is 369. The second kappa shape index (κ2) is 5.47. The van der Waals surface area contributed by atoms with E-state index < -0.39 is 0 Å². The van der Waals surface area contributed by atoms with Gasteiger partial charge in [-0.3, -0.25) is 0 Å². The molecule has 1 fully saturated rings. The number of hydrogen-bond donors (Lipinski definition) is 1. The summed E-state index contributed by atoms with van der Waals surface area (Å²) in [6.45, 7) is 0.569. The molecule has 0 radical (unpaired) electrons. The van der Waals surface area contributed by atoms with Gasteiger partial charge in [-0.15, -0.1) is 0 Å². The van der Waals surface area contributed by atoms with Crippen molar-refractivity contribution in [2.75, 3.05) is 6.61 Å². The Kier molecular flexibility index (Phi) is 4.18. The summed E-state index contributed by atoms with van der Waals surface area (Å²) in [5.74, 6) is 0.567. The van der Waals surface area contributed by atoms with Crippen molar-refractivity contribution in [3.05, 3.63) is 28.2 Å². The van der Waals surface area contributed by atoms with Crippen molar-refractivity contribution in [3.63, 3.8) is 0 Å². The molecular formula is C13H17Cl2NO. The molecule has 1 aromatic rings. The molecule has 2 nitrogen and oxygen atoms in total. The molecule has 4 heteroatoms. The van der Waals surface area contributed by atoms with Crippen molar-refractivity contribution in [1.82, 2.24) is 0 Å². The monoisotopic (exact) mass is 273 g/mol. The zero-order chi connectivity index (χ0) is 12.3. The normalized spacial score (nSPS) is 18.3. The molecule has 1 aromatic carbocycles. The lowest BCUT2D eigenvalue weighted by molar-refractivity contribution is 0.258. The fourth-order valence-electron chi connectivity index (χ4n) is 2.31. The van der Waals surface area contributed by atoms with E-state index in [1.165, 1.54) is 12.8 Å². The largest absolute Gasteiger partial charge is 0.490 e. The van der Waals surface area contributed by atoms with Crippen molar-refractivity contribution >= 4 is 23.2 Å². The highest BCUT2D eigenvalue weighted by atomic mass is 35.5. The lowest BCUT2D eigenvalue weighted by Crippen LogP contribution is -2.37. The summed E-state index contributed by atoms with van der Waals surface area (Å²) >= 11 is 12.0. The van der Waals surface area contributed by atoms with E-state index in [1.54, 1.807) is 18.2 Å². The minimum absolute atomic E-state index is 0.0479. The molecule has 0 aliphatic heterocycles. The van der Waals surface area contributed by atoms with Crippen LogP contribution in [0.4, 0.5) is 0 Å². The molecule has 94 valence electrons. The van der Waals surface area contributed by atoms with Crippen LogP contribution in [0.1, 0.15) is 32.1 Å². The molecule has 1 saturated carbocycles.